The van der Waals surface area contributed by atoms with E-state index in [0.29, 0.717) is 11.0 Å². The lowest BCUT2D eigenvalue weighted by molar-refractivity contribution is -0.112. The van der Waals surface area contributed by atoms with Crippen molar-refractivity contribution in [1.29, 1.82) is 5.26 Å². The Kier molecular flexibility index (Phi) is 6.83. The fourth-order valence-electron chi connectivity index (χ4n) is 3.45. The van der Waals surface area contributed by atoms with Gasteiger partial charge in [0.1, 0.15) is 16.6 Å². The molecule has 3 heterocycles. The molecule has 1 N–H and O–H groups in total. The van der Waals surface area contributed by atoms with Gasteiger partial charge in [0.15, 0.2) is 0 Å². The normalized spacial score (nSPS) is 17.0. The molecule has 0 aliphatic carbocycles. The number of carbonyl (C=O) groups is 1. The lowest BCUT2D eigenvalue weighted by Gasteiger charge is -2.14. The Balaban J connectivity index is 1.74. The molecule has 0 spiro atoms. The summed E-state index contributed by atoms with van der Waals surface area (Å²) in [6, 6.07) is 4.01. The molecular formula is C21H27N5O2S. The minimum Gasteiger partial charge on any atom is -0.376 e. The first kappa shape index (κ1) is 21.2. The van der Waals surface area contributed by atoms with Crippen LogP contribution in [0.1, 0.15) is 48.6 Å². The average Bonchev–Trinajstić information content (AvgIpc) is 3.38. The lowest BCUT2D eigenvalue weighted by Crippen LogP contribution is -2.17. The molecule has 0 radical (unpaired) electrons. The summed E-state index contributed by atoms with van der Waals surface area (Å²) in [5.74, 6) is -0.00497. The molecule has 3 rings (SSSR count). The van der Waals surface area contributed by atoms with Gasteiger partial charge in [-0.1, -0.05) is 25.2 Å². The smallest absolute Gasteiger partial charge is 0.268 e. The Morgan fingerprint density at radius 3 is 2.93 bits per heavy atom. The first-order valence-corrected chi connectivity index (χ1v) is 10.7. The van der Waals surface area contributed by atoms with Gasteiger partial charge in [0.25, 0.3) is 5.91 Å². The van der Waals surface area contributed by atoms with Crippen LogP contribution in [-0.4, -0.2) is 33.4 Å². The summed E-state index contributed by atoms with van der Waals surface area (Å²) >= 11 is 1.34. The summed E-state index contributed by atoms with van der Waals surface area (Å²) in [7, 11) is 0. The SMILES string of the molecule is Cc1cc(/C=C(/C#N)C(=O)Nc2nnc(CC(C)C)s2)c(C)n1CC1CCCO1. The van der Waals surface area contributed by atoms with Crippen LogP contribution in [0.3, 0.4) is 0 Å². The molecule has 29 heavy (non-hydrogen) atoms. The van der Waals surface area contributed by atoms with Gasteiger partial charge in [0.2, 0.25) is 5.13 Å². The number of aromatic nitrogens is 3. The molecule has 1 atom stereocenters. The van der Waals surface area contributed by atoms with Crippen molar-refractivity contribution in [3.05, 3.63) is 33.6 Å². The van der Waals surface area contributed by atoms with E-state index in [4.69, 9.17) is 4.74 Å². The van der Waals surface area contributed by atoms with Crippen LogP contribution in [0.15, 0.2) is 11.6 Å². The predicted molar refractivity (Wildman–Crippen MR) is 114 cm³/mol. The number of amides is 1. The Hall–Kier alpha value is -2.50. The maximum Gasteiger partial charge on any atom is 0.268 e. The summed E-state index contributed by atoms with van der Waals surface area (Å²) in [5, 5.41) is 21.6. The second kappa shape index (κ2) is 9.33. The molecule has 0 bridgehead atoms. The molecule has 1 aliphatic rings. The quantitative estimate of drug-likeness (QED) is 0.549. The maximum absolute atomic E-state index is 12.6. The van der Waals surface area contributed by atoms with Crippen LogP contribution in [0.5, 0.6) is 0 Å². The van der Waals surface area contributed by atoms with Crippen molar-refractivity contribution in [3.63, 3.8) is 0 Å². The highest BCUT2D eigenvalue weighted by Gasteiger charge is 2.19. The molecule has 2 aromatic rings. The van der Waals surface area contributed by atoms with Crippen LogP contribution in [-0.2, 0) is 22.5 Å². The van der Waals surface area contributed by atoms with Gasteiger partial charge >= 0.3 is 0 Å². The number of hydrogen-bond acceptors (Lipinski definition) is 6. The van der Waals surface area contributed by atoms with E-state index in [9.17, 15) is 10.1 Å². The van der Waals surface area contributed by atoms with Crippen LogP contribution in [0.4, 0.5) is 5.13 Å². The number of nitrogens with one attached hydrogen (secondary N) is 1. The molecule has 1 saturated heterocycles. The Morgan fingerprint density at radius 1 is 1.48 bits per heavy atom. The van der Waals surface area contributed by atoms with Gasteiger partial charge in [-0.3, -0.25) is 10.1 Å². The highest BCUT2D eigenvalue weighted by atomic mass is 32.1. The van der Waals surface area contributed by atoms with Crippen molar-refractivity contribution in [2.45, 2.75) is 59.6 Å². The van der Waals surface area contributed by atoms with Crippen molar-refractivity contribution < 1.29 is 9.53 Å². The van der Waals surface area contributed by atoms with Crippen molar-refractivity contribution in [2.24, 2.45) is 5.92 Å². The zero-order chi connectivity index (χ0) is 21.0. The highest BCUT2D eigenvalue weighted by molar-refractivity contribution is 7.15. The van der Waals surface area contributed by atoms with Gasteiger partial charge in [-0.05, 0) is 50.3 Å². The van der Waals surface area contributed by atoms with Gasteiger partial charge in [0, 0.05) is 31.0 Å². The molecule has 1 aliphatic heterocycles. The zero-order valence-electron chi connectivity index (χ0n) is 17.4. The van der Waals surface area contributed by atoms with Crippen molar-refractivity contribution in [2.75, 3.05) is 11.9 Å². The van der Waals surface area contributed by atoms with E-state index < -0.39 is 5.91 Å². The Morgan fingerprint density at radius 2 is 2.28 bits per heavy atom. The number of nitriles is 1. The van der Waals surface area contributed by atoms with E-state index in [1.807, 2.05) is 26.0 Å². The standard InChI is InChI=1S/C21H27N5O2S/c1-13(2)8-19-24-25-21(29-19)23-20(27)17(11-22)10-16-9-14(3)26(15(16)4)12-18-6-5-7-28-18/h9-10,13,18H,5-8,12H2,1-4H3,(H,23,25,27)/b17-10-. The Bertz CT molecular complexity index is 945. The molecule has 7 nitrogen and oxygen atoms in total. The molecule has 0 saturated carbocycles. The third-order valence-corrected chi connectivity index (χ3v) is 5.82. The first-order valence-electron chi connectivity index (χ1n) is 9.91. The molecule has 2 aromatic heterocycles. The van der Waals surface area contributed by atoms with Crippen LogP contribution < -0.4 is 5.32 Å². The lowest BCUT2D eigenvalue weighted by atomic mass is 10.1. The van der Waals surface area contributed by atoms with Gasteiger partial charge in [-0.15, -0.1) is 10.2 Å². The third kappa shape index (κ3) is 5.31. The fourth-order valence-corrected chi connectivity index (χ4v) is 4.40. The fraction of sp³-hybridized carbons (Fsp3) is 0.524. The molecule has 8 heteroatoms. The molecular weight excluding hydrogens is 386 g/mol. The summed E-state index contributed by atoms with van der Waals surface area (Å²) < 4.78 is 7.94. The second-order valence-corrected chi connectivity index (χ2v) is 8.86. The summed E-state index contributed by atoms with van der Waals surface area (Å²) in [4.78, 5) is 12.6. The van der Waals surface area contributed by atoms with Gasteiger partial charge in [0.05, 0.1) is 6.10 Å². The van der Waals surface area contributed by atoms with Crippen molar-refractivity contribution in [1.82, 2.24) is 14.8 Å². The summed E-state index contributed by atoms with van der Waals surface area (Å²) in [6.07, 6.45) is 4.84. The number of ether oxygens (including phenoxy) is 1. The molecule has 1 amide bonds. The van der Waals surface area contributed by atoms with Gasteiger partial charge < -0.3 is 9.30 Å². The summed E-state index contributed by atoms with van der Waals surface area (Å²) in [5.41, 5.74) is 3.02. The molecule has 1 unspecified atom stereocenters. The number of carbonyl (C=O) groups excluding carboxylic acids is 1. The highest BCUT2D eigenvalue weighted by Crippen LogP contribution is 2.23. The van der Waals surface area contributed by atoms with E-state index in [2.05, 4.69) is 33.9 Å². The van der Waals surface area contributed by atoms with Gasteiger partial charge in [-0.2, -0.15) is 5.26 Å². The molecule has 1 fully saturated rings. The van der Waals surface area contributed by atoms with Gasteiger partial charge in [-0.25, -0.2) is 0 Å². The predicted octanol–water partition coefficient (Wildman–Crippen LogP) is 3.88. The van der Waals surface area contributed by atoms with E-state index in [1.54, 1.807) is 6.08 Å². The van der Waals surface area contributed by atoms with Crippen LogP contribution in [0.25, 0.3) is 6.08 Å². The van der Waals surface area contributed by atoms with E-state index >= 15 is 0 Å². The largest absolute Gasteiger partial charge is 0.376 e. The number of aryl methyl sites for hydroxylation is 1. The van der Waals surface area contributed by atoms with Crippen molar-refractivity contribution in [3.8, 4) is 6.07 Å². The Labute approximate surface area is 175 Å². The number of anilines is 1. The number of hydrogen-bond donors (Lipinski definition) is 1. The molecule has 154 valence electrons. The minimum atomic E-state index is -0.469. The number of nitrogens with zero attached hydrogens (tertiary/aromatic N) is 4. The zero-order valence-corrected chi connectivity index (χ0v) is 18.2. The van der Waals surface area contributed by atoms with E-state index in [-0.39, 0.29) is 11.7 Å². The van der Waals surface area contributed by atoms with Crippen molar-refractivity contribution >= 4 is 28.5 Å². The topological polar surface area (TPSA) is 92.8 Å². The minimum absolute atomic E-state index is 0.0444. The van der Waals surface area contributed by atoms with Crippen LogP contribution >= 0.6 is 11.3 Å². The average molecular weight is 414 g/mol. The summed E-state index contributed by atoms with van der Waals surface area (Å²) in [6.45, 7) is 9.85. The maximum atomic E-state index is 12.6. The van der Waals surface area contributed by atoms with E-state index in [1.165, 1.54) is 11.3 Å². The first-order chi connectivity index (χ1) is 13.9. The van der Waals surface area contributed by atoms with Crippen LogP contribution in [0, 0.1) is 31.1 Å². The number of rotatable bonds is 7. The second-order valence-electron chi connectivity index (χ2n) is 7.79. The third-order valence-electron chi connectivity index (χ3n) is 4.96. The van der Waals surface area contributed by atoms with E-state index in [0.717, 1.165) is 54.4 Å². The molecule has 0 aromatic carbocycles. The van der Waals surface area contributed by atoms with Crippen LogP contribution in [0.2, 0.25) is 0 Å². The monoisotopic (exact) mass is 413 g/mol.